The van der Waals surface area contributed by atoms with Crippen molar-refractivity contribution >= 4 is 5.78 Å². The van der Waals surface area contributed by atoms with Crippen LogP contribution in [-0.4, -0.2) is 5.78 Å². The molecule has 0 fully saturated rings. The predicted octanol–water partition coefficient (Wildman–Crippen LogP) is 3.68. The summed E-state index contributed by atoms with van der Waals surface area (Å²) in [5.41, 5.74) is 5.92. The van der Waals surface area contributed by atoms with E-state index in [1.807, 2.05) is 27.7 Å². The summed E-state index contributed by atoms with van der Waals surface area (Å²) in [6, 6.07) is 2.12. The average molecular weight is 202 g/mol. The summed E-state index contributed by atoms with van der Waals surface area (Å²) < 4.78 is 0. The quantitative estimate of drug-likeness (QED) is 0.528. The molecule has 0 atom stereocenters. The van der Waals surface area contributed by atoms with Crippen molar-refractivity contribution in [2.45, 2.75) is 34.6 Å². The highest BCUT2D eigenvalue weighted by atomic mass is 16.1. The van der Waals surface area contributed by atoms with Crippen LogP contribution in [0.25, 0.3) is 0 Å². The Balaban J connectivity index is 3.53. The summed E-state index contributed by atoms with van der Waals surface area (Å²) in [4.78, 5) is 12.0. The van der Waals surface area contributed by atoms with Crippen molar-refractivity contribution in [3.8, 4) is 0 Å². The number of carbonyl (C=O) groups excluding carboxylic acids is 1. The molecule has 0 spiro atoms. The second-order valence-electron chi connectivity index (χ2n) is 4.24. The van der Waals surface area contributed by atoms with E-state index in [0.29, 0.717) is 5.57 Å². The monoisotopic (exact) mass is 202 g/mol. The largest absolute Gasteiger partial charge is 0.289 e. The fourth-order valence-electron chi connectivity index (χ4n) is 1.77. The second-order valence-corrected chi connectivity index (χ2v) is 4.24. The molecule has 1 rings (SSSR count). The lowest BCUT2D eigenvalue weighted by Gasteiger charge is -2.14. The maximum absolute atomic E-state index is 12.0. The van der Waals surface area contributed by atoms with Gasteiger partial charge < -0.3 is 0 Å². The van der Waals surface area contributed by atoms with Gasteiger partial charge in [0.05, 0.1) is 0 Å². The lowest BCUT2D eigenvalue weighted by Crippen LogP contribution is -2.08. The molecule has 0 unspecified atom stereocenters. The third-order valence-corrected chi connectivity index (χ3v) is 2.98. The zero-order valence-corrected chi connectivity index (χ0v) is 10.2. The number of benzene rings is 1. The predicted molar refractivity (Wildman–Crippen MR) is 64.5 cm³/mol. The minimum atomic E-state index is 0.0665. The summed E-state index contributed by atoms with van der Waals surface area (Å²) in [5.74, 6) is 0.0665. The van der Waals surface area contributed by atoms with Crippen molar-refractivity contribution in [1.29, 1.82) is 0 Å². The van der Waals surface area contributed by atoms with Crippen molar-refractivity contribution in [2.24, 2.45) is 0 Å². The standard InChI is InChI=1S/C14H18O/c1-8(2)14(15)13-11(5)9(3)7-10(4)12(13)6/h7H,1H2,2-6H3. The van der Waals surface area contributed by atoms with E-state index in [9.17, 15) is 4.79 Å². The molecule has 0 aromatic heterocycles. The van der Waals surface area contributed by atoms with Crippen LogP contribution in [0.5, 0.6) is 0 Å². The number of carbonyl (C=O) groups is 1. The molecule has 0 bridgehead atoms. The molecule has 0 N–H and O–H groups in total. The van der Waals surface area contributed by atoms with Crippen LogP contribution in [0.15, 0.2) is 18.2 Å². The Morgan fingerprint density at radius 1 is 1.07 bits per heavy atom. The van der Waals surface area contributed by atoms with Gasteiger partial charge in [0.15, 0.2) is 5.78 Å². The molecule has 0 heterocycles. The molecule has 0 saturated heterocycles. The summed E-state index contributed by atoms with van der Waals surface area (Å²) in [7, 11) is 0. The van der Waals surface area contributed by atoms with E-state index in [4.69, 9.17) is 0 Å². The molecule has 1 heteroatoms. The van der Waals surface area contributed by atoms with Gasteiger partial charge >= 0.3 is 0 Å². The van der Waals surface area contributed by atoms with Crippen molar-refractivity contribution in [2.75, 3.05) is 0 Å². The first-order chi connectivity index (χ1) is 6.86. The molecule has 0 aliphatic carbocycles. The number of rotatable bonds is 2. The third-order valence-electron chi connectivity index (χ3n) is 2.98. The molecule has 15 heavy (non-hydrogen) atoms. The molecule has 0 aliphatic rings. The molecular weight excluding hydrogens is 184 g/mol. The fraction of sp³-hybridized carbons (Fsp3) is 0.357. The number of Topliss-reactive ketones (excluding diaryl/α,β-unsaturated/α-hetero) is 1. The smallest absolute Gasteiger partial charge is 0.188 e. The highest BCUT2D eigenvalue weighted by Gasteiger charge is 2.15. The topological polar surface area (TPSA) is 17.1 Å². The summed E-state index contributed by atoms with van der Waals surface area (Å²) in [5, 5.41) is 0. The van der Waals surface area contributed by atoms with Crippen LogP contribution in [-0.2, 0) is 0 Å². The lowest BCUT2D eigenvalue weighted by atomic mass is 9.90. The Kier molecular flexibility index (Phi) is 3.13. The Morgan fingerprint density at radius 3 is 1.80 bits per heavy atom. The SMILES string of the molecule is C=C(C)C(=O)c1c(C)c(C)cc(C)c1C. The molecule has 0 radical (unpaired) electrons. The Hall–Kier alpha value is -1.37. The normalized spacial score (nSPS) is 10.2. The Bertz CT molecular complexity index is 413. The third kappa shape index (κ3) is 2.01. The van der Waals surface area contributed by atoms with E-state index in [1.165, 1.54) is 11.1 Å². The number of allylic oxidation sites excluding steroid dienone is 1. The zero-order valence-electron chi connectivity index (χ0n) is 10.2. The van der Waals surface area contributed by atoms with Gasteiger partial charge in [0.2, 0.25) is 0 Å². The number of ketones is 1. The van der Waals surface area contributed by atoms with Crippen molar-refractivity contribution in [3.05, 3.63) is 46.0 Å². The lowest BCUT2D eigenvalue weighted by molar-refractivity contribution is 0.103. The Morgan fingerprint density at radius 2 is 1.47 bits per heavy atom. The van der Waals surface area contributed by atoms with E-state index >= 15 is 0 Å². The van der Waals surface area contributed by atoms with Gasteiger partial charge in [0.25, 0.3) is 0 Å². The van der Waals surface area contributed by atoms with Gasteiger partial charge in [-0.1, -0.05) is 12.6 Å². The number of hydrogen-bond donors (Lipinski definition) is 0. The highest BCUT2D eigenvalue weighted by Crippen LogP contribution is 2.23. The second kappa shape index (κ2) is 4.01. The van der Waals surface area contributed by atoms with Crippen LogP contribution in [0.1, 0.15) is 39.5 Å². The first kappa shape index (κ1) is 11.7. The van der Waals surface area contributed by atoms with E-state index in [2.05, 4.69) is 12.6 Å². The molecule has 1 aromatic rings. The van der Waals surface area contributed by atoms with Crippen LogP contribution in [0.3, 0.4) is 0 Å². The maximum Gasteiger partial charge on any atom is 0.188 e. The summed E-state index contributed by atoms with van der Waals surface area (Å²) in [6.45, 7) is 13.6. The molecule has 0 saturated carbocycles. The average Bonchev–Trinajstić information content (AvgIpc) is 2.15. The van der Waals surface area contributed by atoms with Gasteiger partial charge in [-0.2, -0.15) is 0 Å². The van der Waals surface area contributed by atoms with Crippen LogP contribution >= 0.6 is 0 Å². The first-order valence-corrected chi connectivity index (χ1v) is 5.14. The minimum absolute atomic E-state index is 0.0665. The highest BCUT2D eigenvalue weighted by molar-refractivity contribution is 6.10. The fourth-order valence-corrected chi connectivity index (χ4v) is 1.77. The molecule has 80 valence electrons. The molecule has 0 aliphatic heterocycles. The van der Waals surface area contributed by atoms with Crippen LogP contribution in [0, 0.1) is 27.7 Å². The molecule has 1 aromatic carbocycles. The van der Waals surface area contributed by atoms with Crippen LogP contribution in [0.2, 0.25) is 0 Å². The van der Waals surface area contributed by atoms with E-state index < -0.39 is 0 Å². The van der Waals surface area contributed by atoms with Crippen LogP contribution in [0.4, 0.5) is 0 Å². The van der Waals surface area contributed by atoms with E-state index in [1.54, 1.807) is 6.92 Å². The van der Waals surface area contributed by atoms with Gasteiger partial charge in [-0.3, -0.25) is 4.79 Å². The van der Waals surface area contributed by atoms with Crippen molar-refractivity contribution < 1.29 is 4.79 Å². The minimum Gasteiger partial charge on any atom is -0.289 e. The molecule has 1 nitrogen and oxygen atoms in total. The van der Waals surface area contributed by atoms with Gasteiger partial charge in [-0.05, 0) is 62.4 Å². The van der Waals surface area contributed by atoms with Gasteiger partial charge in [-0.25, -0.2) is 0 Å². The summed E-state index contributed by atoms with van der Waals surface area (Å²) in [6.07, 6.45) is 0. The number of hydrogen-bond acceptors (Lipinski definition) is 1. The van der Waals surface area contributed by atoms with Crippen molar-refractivity contribution in [1.82, 2.24) is 0 Å². The van der Waals surface area contributed by atoms with Gasteiger partial charge in [0, 0.05) is 5.56 Å². The van der Waals surface area contributed by atoms with Gasteiger partial charge in [0.1, 0.15) is 0 Å². The van der Waals surface area contributed by atoms with Gasteiger partial charge in [-0.15, -0.1) is 0 Å². The van der Waals surface area contributed by atoms with E-state index in [0.717, 1.165) is 16.7 Å². The number of aryl methyl sites for hydroxylation is 2. The van der Waals surface area contributed by atoms with Crippen molar-refractivity contribution in [3.63, 3.8) is 0 Å². The zero-order chi connectivity index (χ0) is 11.7. The van der Waals surface area contributed by atoms with Crippen LogP contribution < -0.4 is 0 Å². The summed E-state index contributed by atoms with van der Waals surface area (Å²) >= 11 is 0. The Labute approximate surface area is 91.8 Å². The van der Waals surface area contributed by atoms with E-state index in [-0.39, 0.29) is 5.78 Å². The maximum atomic E-state index is 12.0. The molecule has 0 amide bonds. The first-order valence-electron chi connectivity index (χ1n) is 5.14. The molecular formula is C14H18O.